The van der Waals surface area contributed by atoms with Gasteiger partial charge in [-0.05, 0) is 72.8 Å². The molecule has 0 unspecified atom stereocenters. The highest BCUT2D eigenvalue weighted by Gasteiger charge is 2.27. The minimum absolute atomic E-state index is 0.132. The number of imidazole rings is 1. The van der Waals surface area contributed by atoms with Crippen molar-refractivity contribution in [1.29, 1.82) is 0 Å². The maximum atomic E-state index is 14.1. The summed E-state index contributed by atoms with van der Waals surface area (Å²) in [5.74, 6) is 0.0561. The van der Waals surface area contributed by atoms with E-state index in [0.29, 0.717) is 24.0 Å². The molecule has 2 aliphatic rings. The minimum Gasteiger partial charge on any atom is -0.486 e. The summed E-state index contributed by atoms with van der Waals surface area (Å²) in [4.78, 5) is 18.9. The van der Waals surface area contributed by atoms with Crippen LogP contribution >= 0.6 is 11.6 Å². The van der Waals surface area contributed by atoms with Gasteiger partial charge in [0, 0.05) is 18.2 Å². The number of benzene rings is 3. The number of hydrogen-bond donors (Lipinski definition) is 1. The number of fused-ring (bicyclic) bond motifs is 1. The number of carboxylic acid groups (broad SMARTS) is 1. The molecule has 1 N–H and O–H groups in total. The number of halogens is 2. The normalized spacial score (nSPS) is 19.3. The molecule has 7 nitrogen and oxygen atoms in total. The molecule has 0 aliphatic carbocycles. The third-order valence-corrected chi connectivity index (χ3v) is 7.84. The van der Waals surface area contributed by atoms with Gasteiger partial charge >= 0.3 is 5.97 Å². The van der Waals surface area contributed by atoms with E-state index < -0.39 is 11.8 Å². The predicted octanol–water partition coefficient (Wildman–Crippen LogP) is 5.88. The topological polar surface area (TPSA) is 76.8 Å². The number of aromatic carboxylic acids is 1. The monoisotopic (exact) mass is 549 g/mol. The Bertz CT molecular complexity index is 1520. The summed E-state index contributed by atoms with van der Waals surface area (Å²) < 4.78 is 27.6. The first kappa shape index (κ1) is 25.8. The first-order valence-electron chi connectivity index (χ1n) is 13.2. The SMILES string of the molecule is O=C(O)c1ccc2nc(CN3CC[C@@H](c4cccc(COc5ccc(Cl)cc5F)c4)C3)n(C[C@@H]3CCO3)c2c1. The Morgan fingerprint density at radius 2 is 2.03 bits per heavy atom. The minimum atomic E-state index is -0.945. The second kappa shape index (κ2) is 11.0. The van der Waals surface area contributed by atoms with E-state index in [1.807, 2.05) is 12.1 Å². The highest BCUT2D eigenvalue weighted by atomic mass is 35.5. The quantitative estimate of drug-likeness (QED) is 0.281. The first-order chi connectivity index (χ1) is 18.9. The Morgan fingerprint density at radius 3 is 2.79 bits per heavy atom. The van der Waals surface area contributed by atoms with Crippen LogP contribution in [0, 0.1) is 5.82 Å². The molecule has 2 fully saturated rings. The van der Waals surface area contributed by atoms with Gasteiger partial charge in [0.25, 0.3) is 0 Å². The second-order valence-electron chi connectivity index (χ2n) is 10.3. The number of nitrogens with zero attached hydrogens (tertiary/aromatic N) is 3. The zero-order valence-electron chi connectivity index (χ0n) is 21.4. The Labute approximate surface area is 230 Å². The number of likely N-dealkylation sites (tertiary alicyclic amines) is 1. The lowest BCUT2D eigenvalue weighted by Gasteiger charge is -2.28. The number of ether oxygens (including phenoxy) is 2. The largest absolute Gasteiger partial charge is 0.486 e. The number of aromatic nitrogens is 2. The molecule has 1 aromatic heterocycles. The van der Waals surface area contributed by atoms with Crippen molar-refractivity contribution in [3.8, 4) is 5.75 Å². The summed E-state index contributed by atoms with van der Waals surface area (Å²) in [5, 5.41) is 9.83. The number of hydrogen-bond acceptors (Lipinski definition) is 5. The number of carboxylic acids is 1. The van der Waals surface area contributed by atoms with Gasteiger partial charge in [-0.15, -0.1) is 0 Å². The van der Waals surface area contributed by atoms with Crippen LogP contribution in [0.15, 0.2) is 60.7 Å². The molecule has 9 heteroatoms. The average Bonchev–Trinajstić information content (AvgIpc) is 3.50. The van der Waals surface area contributed by atoms with Crippen LogP contribution in [0.5, 0.6) is 5.75 Å². The smallest absolute Gasteiger partial charge is 0.335 e. The molecule has 3 heterocycles. The fourth-order valence-corrected chi connectivity index (χ4v) is 5.56. The third kappa shape index (κ3) is 5.64. The molecule has 0 spiro atoms. The van der Waals surface area contributed by atoms with E-state index in [-0.39, 0.29) is 24.0 Å². The van der Waals surface area contributed by atoms with Crippen LogP contribution in [0.3, 0.4) is 0 Å². The maximum Gasteiger partial charge on any atom is 0.335 e. The lowest BCUT2D eigenvalue weighted by molar-refractivity contribution is -0.0591. The molecule has 2 aliphatic heterocycles. The fourth-order valence-electron chi connectivity index (χ4n) is 5.40. The van der Waals surface area contributed by atoms with Crippen molar-refractivity contribution in [3.63, 3.8) is 0 Å². The highest BCUT2D eigenvalue weighted by molar-refractivity contribution is 6.30. The summed E-state index contributed by atoms with van der Waals surface area (Å²) >= 11 is 5.84. The average molecular weight is 550 g/mol. The van der Waals surface area contributed by atoms with Gasteiger partial charge in [0.2, 0.25) is 0 Å². The Balaban J connectivity index is 1.15. The van der Waals surface area contributed by atoms with Gasteiger partial charge in [-0.25, -0.2) is 14.2 Å². The molecule has 202 valence electrons. The lowest BCUT2D eigenvalue weighted by atomic mass is 9.97. The van der Waals surface area contributed by atoms with Crippen LogP contribution in [0.1, 0.15) is 46.1 Å². The van der Waals surface area contributed by atoms with Crippen molar-refractivity contribution >= 4 is 28.6 Å². The van der Waals surface area contributed by atoms with Gasteiger partial charge < -0.3 is 19.1 Å². The van der Waals surface area contributed by atoms with E-state index in [2.05, 4.69) is 21.6 Å². The van der Waals surface area contributed by atoms with Gasteiger partial charge in [-0.1, -0.05) is 35.9 Å². The van der Waals surface area contributed by atoms with Crippen molar-refractivity contribution in [2.75, 3.05) is 19.7 Å². The molecule has 3 aromatic carbocycles. The molecule has 0 saturated carbocycles. The molecule has 2 atom stereocenters. The predicted molar refractivity (Wildman–Crippen MR) is 146 cm³/mol. The van der Waals surface area contributed by atoms with Crippen molar-refractivity contribution < 1.29 is 23.8 Å². The standard InChI is InChI=1S/C30H29ClFN3O4/c31-23-5-7-28(25(32)14-23)39-18-19-2-1-3-20(12-19)22-8-10-34(15-22)17-29-33-26-6-4-21(30(36)37)13-27(26)35(29)16-24-9-11-38-24/h1-7,12-14,22,24H,8-11,15-18H2,(H,36,37)/t22-,24+/m1/s1. The first-order valence-corrected chi connectivity index (χ1v) is 13.5. The van der Waals surface area contributed by atoms with Crippen LogP contribution in [0.4, 0.5) is 4.39 Å². The van der Waals surface area contributed by atoms with Crippen molar-refractivity contribution in [2.24, 2.45) is 0 Å². The molecule has 0 radical (unpaired) electrons. The fraction of sp³-hybridized carbons (Fsp3) is 0.333. The van der Waals surface area contributed by atoms with E-state index >= 15 is 0 Å². The van der Waals surface area contributed by atoms with Gasteiger partial charge in [0.15, 0.2) is 11.6 Å². The van der Waals surface area contributed by atoms with E-state index in [0.717, 1.165) is 55.0 Å². The molecule has 0 bridgehead atoms. The van der Waals surface area contributed by atoms with Crippen molar-refractivity contribution in [1.82, 2.24) is 14.5 Å². The maximum absolute atomic E-state index is 14.1. The van der Waals surface area contributed by atoms with Gasteiger partial charge in [0.05, 0.1) is 35.8 Å². The Kier molecular flexibility index (Phi) is 7.25. The molecular formula is C30H29ClFN3O4. The molecule has 2 saturated heterocycles. The zero-order valence-corrected chi connectivity index (χ0v) is 22.1. The van der Waals surface area contributed by atoms with Gasteiger partial charge in [-0.3, -0.25) is 4.90 Å². The van der Waals surface area contributed by atoms with Crippen molar-refractivity contribution in [2.45, 2.75) is 44.6 Å². The van der Waals surface area contributed by atoms with Gasteiger partial charge in [-0.2, -0.15) is 0 Å². The van der Waals surface area contributed by atoms with Crippen LogP contribution in [0.2, 0.25) is 5.02 Å². The molecule has 39 heavy (non-hydrogen) atoms. The summed E-state index contributed by atoms with van der Waals surface area (Å²) in [7, 11) is 0. The van der Waals surface area contributed by atoms with Crippen LogP contribution in [-0.4, -0.2) is 51.3 Å². The highest BCUT2D eigenvalue weighted by Crippen LogP contribution is 2.30. The summed E-state index contributed by atoms with van der Waals surface area (Å²) in [5.41, 5.74) is 4.11. The number of rotatable bonds is 9. The summed E-state index contributed by atoms with van der Waals surface area (Å²) in [6.45, 7) is 4.21. The number of carbonyl (C=O) groups is 1. The molecule has 0 amide bonds. The second-order valence-corrected chi connectivity index (χ2v) is 10.7. The Morgan fingerprint density at radius 1 is 1.15 bits per heavy atom. The Hall–Kier alpha value is -3.46. The molecule has 4 aromatic rings. The van der Waals surface area contributed by atoms with E-state index in [1.54, 1.807) is 30.3 Å². The van der Waals surface area contributed by atoms with E-state index in [1.165, 1.54) is 11.6 Å². The van der Waals surface area contributed by atoms with Gasteiger partial charge in [0.1, 0.15) is 12.4 Å². The van der Waals surface area contributed by atoms with Crippen LogP contribution in [0.25, 0.3) is 11.0 Å². The summed E-state index contributed by atoms with van der Waals surface area (Å²) in [6, 6.07) is 17.8. The molecule has 6 rings (SSSR count). The third-order valence-electron chi connectivity index (χ3n) is 7.60. The lowest BCUT2D eigenvalue weighted by Crippen LogP contribution is -2.32. The van der Waals surface area contributed by atoms with E-state index in [9.17, 15) is 14.3 Å². The summed E-state index contributed by atoms with van der Waals surface area (Å²) in [6.07, 6.45) is 2.15. The van der Waals surface area contributed by atoms with E-state index in [4.69, 9.17) is 26.1 Å². The molecular weight excluding hydrogens is 521 g/mol. The van der Waals surface area contributed by atoms with Crippen LogP contribution in [-0.2, 0) is 24.4 Å². The van der Waals surface area contributed by atoms with Crippen LogP contribution < -0.4 is 4.74 Å². The zero-order chi connectivity index (χ0) is 26.9. The van der Waals surface area contributed by atoms with Crippen molar-refractivity contribution in [3.05, 3.63) is 94.0 Å².